The Morgan fingerprint density at radius 3 is 2.38 bits per heavy atom. The van der Waals surface area contributed by atoms with E-state index in [0.29, 0.717) is 0 Å². The number of nitrogens with zero attached hydrogens (tertiary/aromatic N) is 4. The van der Waals surface area contributed by atoms with E-state index >= 15 is 0 Å². The van der Waals surface area contributed by atoms with E-state index in [-0.39, 0.29) is 5.54 Å². The fraction of sp³-hybridized carbons (Fsp3) is 0.400. The van der Waals surface area contributed by atoms with Crippen molar-refractivity contribution in [3.8, 4) is 11.1 Å². The van der Waals surface area contributed by atoms with Gasteiger partial charge in [0.15, 0.2) is 5.65 Å². The summed E-state index contributed by atoms with van der Waals surface area (Å²) in [4.78, 5) is 9.69. The van der Waals surface area contributed by atoms with E-state index in [4.69, 9.17) is 0 Å². The first-order chi connectivity index (χ1) is 12.4. The van der Waals surface area contributed by atoms with Crippen molar-refractivity contribution in [1.82, 2.24) is 20.1 Å². The summed E-state index contributed by atoms with van der Waals surface area (Å²) in [6.07, 6.45) is 1.98. The average Bonchev–Trinajstić information content (AvgIpc) is 3.02. The molecule has 1 aromatic carbocycles. The van der Waals surface area contributed by atoms with Crippen LogP contribution in [0.3, 0.4) is 0 Å². The summed E-state index contributed by atoms with van der Waals surface area (Å²) in [6, 6.07) is 10.5. The van der Waals surface area contributed by atoms with Crippen molar-refractivity contribution >= 4 is 39.3 Å². The summed E-state index contributed by atoms with van der Waals surface area (Å²) in [5, 5.41) is 8.61. The highest BCUT2D eigenvalue weighted by atomic mass is 127. The zero-order chi connectivity index (χ0) is 18.3. The summed E-state index contributed by atoms with van der Waals surface area (Å²) in [6.45, 7) is 11.0. The molecule has 1 N–H and O–H groups in total. The van der Waals surface area contributed by atoms with E-state index in [9.17, 15) is 0 Å². The van der Waals surface area contributed by atoms with E-state index in [1.807, 2.05) is 6.20 Å². The molecule has 1 aliphatic rings. The number of halogens is 1. The third kappa shape index (κ3) is 3.20. The molecule has 136 valence electrons. The Morgan fingerprint density at radius 2 is 1.73 bits per heavy atom. The second-order valence-corrected chi connectivity index (χ2v) is 8.79. The molecule has 6 heteroatoms. The quantitative estimate of drug-likeness (QED) is 0.583. The highest BCUT2D eigenvalue weighted by molar-refractivity contribution is 14.1. The molecule has 3 aromatic rings. The van der Waals surface area contributed by atoms with Crippen molar-refractivity contribution in [2.75, 3.05) is 31.1 Å². The number of fused-ring (bicyclic) bond motifs is 1. The standard InChI is InChI=1S/C20H24IN5/c1-20(2,3)26-11-9-25(10-12-26)17-15(14-7-5-4-6-8-14)13-22-19-16(17)18(21)23-24-19/h4-8,13H,9-12H2,1-3H3,(H,22,23,24). The lowest BCUT2D eigenvalue weighted by Crippen LogP contribution is -2.53. The predicted octanol–water partition coefficient (Wildman–Crippen LogP) is 4.15. The van der Waals surface area contributed by atoms with Gasteiger partial charge in [-0.15, -0.1) is 0 Å². The maximum absolute atomic E-state index is 4.63. The maximum Gasteiger partial charge on any atom is 0.158 e. The first-order valence-corrected chi connectivity index (χ1v) is 10.1. The van der Waals surface area contributed by atoms with Crippen LogP contribution in [0.15, 0.2) is 36.5 Å². The van der Waals surface area contributed by atoms with Gasteiger partial charge in [0, 0.05) is 43.5 Å². The Hall–Kier alpha value is -1.67. The second-order valence-electron chi connectivity index (χ2n) is 7.77. The smallest absolute Gasteiger partial charge is 0.158 e. The monoisotopic (exact) mass is 461 g/mol. The molecule has 0 spiro atoms. The number of hydrogen-bond donors (Lipinski definition) is 1. The van der Waals surface area contributed by atoms with Gasteiger partial charge in [-0.25, -0.2) is 4.98 Å². The van der Waals surface area contributed by atoms with Crippen LogP contribution in [0.1, 0.15) is 20.8 Å². The van der Waals surface area contributed by atoms with E-state index in [1.54, 1.807) is 0 Å². The Kier molecular flexibility index (Phi) is 4.64. The first-order valence-electron chi connectivity index (χ1n) is 9.03. The molecule has 5 nitrogen and oxygen atoms in total. The minimum Gasteiger partial charge on any atom is -0.368 e. The van der Waals surface area contributed by atoms with E-state index < -0.39 is 0 Å². The van der Waals surface area contributed by atoms with Gasteiger partial charge in [0.25, 0.3) is 0 Å². The third-order valence-corrected chi connectivity index (χ3v) is 5.93. The highest BCUT2D eigenvalue weighted by Crippen LogP contribution is 2.38. The van der Waals surface area contributed by atoms with Crippen molar-refractivity contribution in [3.05, 3.63) is 40.2 Å². The third-order valence-electron chi connectivity index (χ3n) is 5.15. The van der Waals surface area contributed by atoms with Gasteiger partial charge in [0.05, 0.1) is 11.1 Å². The Morgan fingerprint density at radius 1 is 1.04 bits per heavy atom. The number of aromatic amines is 1. The highest BCUT2D eigenvalue weighted by Gasteiger charge is 2.28. The van der Waals surface area contributed by atoms with Gasteiger partial charge in [-0.2, -0.15) is 5.10 Å². The summed E-state index contributed by atoms with van der Waals surface area (Å²) in [7, 11) is 0. The van der Waals surface area contributed by atoms with Crippen LogP contribution in [0, 0.1) is 3.70 Å². The van der Waals surface area contributed by atoms with Crippen molar-refractivity contribution in [1.29, 1.82) is 0 Å². The molecular weight excluding hydrogens is 437 g/mol. The molecule has 0 unspecified atom stereocenters. The Balaban J connectivity index is 1.79. The van der Waals surface area contributed by atoms with Crippen molar-refractivity contribution in [2.45, 2.75) is 26.3 Å². The number of benzene rings is 1. The SMILES string of the molecule is CC(C)(C)N1CCN(c2c(-c3ccccc3)cnc3[nH]nc(I)c23)CC1. The molecule has 26 heavy (non-hydrogen) atoms. The van der Waals surface area contributed by atoms with Crippen LogP contribution < -0.4 is 4.90 Å². The number of piperazine rings is 1. The van der Waals surface area contributed by atoms with Gasteiger partial charge >= 0.3 is 0 Å². The predicted molar refractivity (Wildman–Crippen MR) is 116 cm³/mol. The minimum absolute atomic E-state index is 0.214. The summed E-state index contributed by atoms with van der Waals surface area (Å²) in [5.41, 5.74) is 4.72. The molecule has 0 radical (unpaired) electrons. The van der Waals surface area contributed by atoms with Crippen molar-refractivity contribution < 1.29 is 0 Å². The van der Waals surface area contributed by atoms with Crippen molar-refractivity contribution in [3.63, 3.8) is 0 Å². The Bertz CT molecular complexity index is 905. The number of hydrogen-bond acceptors (Lipinski definition) is 4. The molecule has 4 rings (SSSR count). The number of nitrogens with one attached hydrogen (secondary N) is 1. The lowest BCUT2D eigenvalue weighted by Gasteiger charge is -2.43. The van der Waals surface area contributed by atoms with Gasteiger partial charge in [0.1, 0.15) is 3.70 Å². The van der Waals surface area contributed by atoms with Crippen LogP contribution in [0.25, 0.3) is 22.2 Å². The van der Waals surface area contributed by atoms with Crippen LogP contribution in [0.5, 0.6) is 0 Å². The molecule has 0 aliphatic carbocycles. The largest absolute Gasteiger partial charge is 0.368 e. The lowest BCUT2D eigenvalue weighted by atomic mass is 10.0. The zero-order valence-corrected chi connectivity index (χ0v) is 17.6. The average molecular weight is 461 g/mol. The van der Waals surface area contributed by atoms with Gasteiger partial charge < -0.3 is 4.90 Å². The van der Waals surface area contributed by atoms with Crippen LogP contribution in [0.4, 0.5) is 5.69 Å². The van der Waals surface area contributed by atoms with Crippen LogP contribution in [-0.4, -0.2) is 51.8 Å². The Labute approximate surface area is 167 Å². The summed E-state index contributed by atoms with van der Waals surface area (Å²) < 4.78 is 0.983. The molecule has 2 aromatic heterocycles. The van der Waals surface area contributed by atoms with Gasteiger partial charge in [-0.3, -0.25) is 10.00 Å². The van der Waals surface area contributed by atoms with Gasteiger partial charge in [-0.1, -0.05) is 30.3 Å². The van der Waals surface area contributed by atoms with E-state index in [1.165, 1.54) is 16.8 Å². The number of pyridine rings is 1. The fourth-order valence-electron chi connectivity index (χ4n) is 3.70. The number of H-pyrrole nitrogens is 1. The molecule has 0 atom stereocenters. The first kappa shape index (κ1) is 17.7. The van der Waals surface area contributed by atoms with Crippen molar-refractivity contribution in [2.24, 2.45) is 0 Å². The van der Waals surface area contributed by atoms with Crippen LogP contribution in [-0.2, 0) is 0 Å². The molecular formula is C20H24IN5. The van der Waals surface area contributed by atoms with E-state index in [2.05, 4.69) is 98.7 Å². The molecule has 0 amide bonds. The summed E-state index contributed by atoms with van der Waals surface area (Å²) >= 11 is 2.31. The van der Waals surface area contributed by atoms with Crippen LogP contribution in [0.2, 0.25) is 0 Å². The fourth-order valence-corrected chi connectivity index (χ4v) is 4.33. The number of rotatable bonds is 2. The number of aromatic nitrogens is 3. The van der Waals surface area contributed by atoms with Crippen LogP contribution >= 0.6 is 22.6 Å². The molecule has 3 heterocycles. The van der Waals surface area contributed by atoms with Gasteiger partial charge in [-0.05, 0) is 48.9 Å². The molecule has 0 saturated carbocycles. The molecule has 1 saturated heterocycles. The topological polar surface area (TPSA) is 48.0 Å². The maximum atomic E-state index is 4.63. The normalized spacial score (nSPS) is 16.4. The second kappa shape index (κ2) is 6.81. The van der Waals surface area contributed by atoms with Gasteiger partial charge in [0.2, 0.25) is 0 Å². The molecule has 0 bridgehead atoms. The van der Waals surface area contributed by atoms with E-state index in [0.717, 1.165) is 40.9 Å². The lowest BCUT2D eigenvalue weighted by molar-refractivity contribution is 0.128. The number of anilines is 1. The molecule has 1 fully saturated rings. The zero-order valence-electron chi connectivity index (χ0n) is 15.5. The molecule has 1 aliphatic heterocycles. The minimum atomic E-state index is 0.214. The summed E-state index contributed by atoms with van der Waals surface area (Å²) in [5.74, 6) is 0.